The number of unbranched alkanes of at least 4 members (excludes halogenated alkanes) is 1. The number of nitrogens with one attached hydrogen (secondary N) is 3. The zero-order chi connectivity index (χ0) is 34.5. The highest BCUT2D eigenvalue weighted by Crippen LogP contribution is 2.23. The molecule has 0 spiro atoms. The van der Waals surface area contributed by atoms with Crippen molar-refractivity contribution in [3.8, 4) is 0 Å². The number of aliphatic hydroxyl groups excluding tert-OH is 1. The van der Waals surface area contributed by atoms with Gasteiger partial charge in [-0.3, -0.25) is 19.7 Å². The van der Waals surface area contributed by atoms with E-state index in [9.17, 15) is 27.6 Å². The van der Waals surface area contributed by atoms with Crippen molar-refractivity contribution in [3.63, 3.8) is 0 Å². The number of benzene rings is 2. The summed E-state index contributed by atoms with van der Waals surface area (Å²) in [5, 5.41) is 34.5. The fraction of sp³-hybridized carbons (Fsp3) is 0.344. The van der Waals surface area contributed by atoms with Crippen molar-refractivity contribution in [3.05, 3.63) is 94.1 Å². The molecule has 2 atom stereocenters. The maximum atomic E-state index is 12.7. The van der Waals surface area contributed by atoms with Crippen LogP contribution in [0.2, 0.25) is 0 Å². The first-order valence-electron chi connectivity index (χ1n) is 14.9. The molecule has 0 aliphatic heterocycles. The summed E-state index contributed by atoms with van der Waals surface area (Å²) < 4.78 is 42.7. The SMILES string of the molecule is COC(C(=O)Nc1nnc(CCCCc2ccc(NC(=O)Cc3cccc(CNC(=O)CC(O)C(F)(F)F)c3)nn2)s1)c1ccccc1. The molecule has 0 fully saturated rings. The lowest BCUT2D eigenvalue weighted by Gasteiger charge is -2.14. The van der Waals surface area contributed by atoms with E-state index in [0.717, 1.165) is 29.1 Å². The highest BCUT2D eigenvalue weighted by atomic mass is 32.1. The van der Waals surface area contributed by atoms with E-state index >= 15 is 0 Å². The predicted octanol–water partition coefficient (Wildman–Crippen LogP) is 4.33. The first-order valence-corrected chi connectivity index (χ1v) is 15.7. The molecule has 0 aliphatic carbocycles. The Bertz CT molecular complexity index is 1660. The van der Waals surface area contributed by atoms with E-state index < -0.39 is 30.7 Å². The second kappa shape index (κ2) is 17.4. The van der Waals surface area contributed by atoms with Gasteiger partial charge in [-0.1, -0.05) is 65.9 Å². The highest BCUT2D eigenvalue weighted by molar-refractivity contribution is 7.15. The lowest BCUT2D eigenvalue weighted by atomic mass is 10.1. The molecule has 4 rings (SSSR count). The van der Waals surface area contributed by atoms with Crippen LogP contribution in [-0.2, 0) is 44.9 Å². The number of ether oxygens (including phenoxy) is 1. The molecule has 0 saturated heterocycles. The third kappa shape index (κ3) is 11.5. The Morgan fingerprint density at radius 1 is 0.875 bits per heavy atom. The van der Waals surface area contributed by atoms with Gasteiger partial charge in [0.1, 0.15) is 5.01 Å². The number of aliphatic hydroxyl groups is 1. The third-order valence-corrected chi connectivity index (χ3v) is 7.83. The zero-order valence-electron chi connectivity index (χ0n) is 25.9. The van der Waals surface area contributed by atoms with E-state index in [0.29, 0.717) is 29.1 Å². The summed E-state index contributed by atoms with van der Waals surface area (Å²) in [4.78, 5) is 36.9. The molecule has 4 N–H and O–H groups in total. The van der Waals surface area contributed by atoms with Crippen LogP contribution >= 0.6 is 11.3 Å². The van der Waals surface area contributed by atoms with Gasteiger partial charge < -0.3 is 20.5 Å². The lowest BCUT2D eigenvalue weighted by Crippen LogP contribution is -2.35. The number of hydrogen-bond donors (Lipinski definition) is 4. The Morgan fingerprint density at radius 2 is 1.62 bits per heavy atom. The van der Waals surface area contributed by atoms with Crippen molar-refractivity contribution in [1.82, 2.24) is 25.7 Å². The lowest BCUT2D eigenvalue weighted by molar-refractivity contribution is -0.205. The van der Waals surface area contributed by atoms with Gasteiger partial charge in [0.25, 0.3) is 5.91 Å². The van der Waals surface area contributed by atoms with Gasteiger partial charge in [0.2, 0.25) is 16.9 Å². The second-order valence-electron chi connectivity index (χ2n) is 10.7. The number of rotatable bonds is 16. The van der Waals surface area contributed by atoms with E-state index in [1.54, 1.807) is 36.4 Å². The Kier molecular flexibility index (Phi) is 13.1. The van der Waals surface area contributed by atoms with Crippen LogP contribution in [0, 0.1) is 0 Å². The largest absolute Gasteiger partial charge is 0.414 e. The van der Waals surface area contributed by atoms with E-state index in [2.05, 4.69) is 36.3 Å². The summed E-state index contributed by atoms with van der Waals surface area (Å²) in [5.41, 5.74) is 2.69. The topological polar surface area (TPSA) is 168 Å². The van der Waals surface area contributed by atoms with Gasteiger partial charge in [0.15, 0.2) is 18.0 Å². The van der Waals surface area contributed by atoms with E-state index in [1.807, 2.05) is 30.3 Å². The number of aromatic nitrogens is 4. The first-order chi connectivity index (χ1) is 23.0. The minimum atomic E-state index is -4.87. The molecular formula is C32H34F3N7O5S. The summed E-state index contributed by atoms with van der Waals surface area (Å²) in [6.45, 7) is -0.0593. The smallest absolute Gasteiger partial charge is 0.383 e. The molecular weight excluding hydrogens is 651 g/mol. The van der Waals surface area contributed by atoms with Gasteiger partial charge in [-0.15, -0.1) is 15.3 Å². The Balaban J connectivity index is 1.15. The molecule has 3 amide bonds. The number of carbonyl (C=O) groups excluding carboxylic acids is 3. The van der Waals surface area contributed by atoms with Crippen molar-refractivity contribution in [2.75, 3.05) is 17.7 Å². The van der Waals surface area contributed by atoms with Crippen LogP contribution < -0.4 is 16.0 Å². The number of alkyl halides is 3. The van der Waals surface area contributed by atoms with Crippen molar-refractivity contribution < 1.29 is 37.4 Å². The van der Waals surface area contributed by atoms with Gasteiger partial charge >= 0.3 is 6.18 Å². The second-order valence-corrected chi connectivity index (χ2v) is 11.8. The maximum Gasteiger partial charge on any atom is 0.414 e. The fourth-order valence-corrected chi connectivity index (χ4v) is 5.31. The normalized spacial score (nSPS) is 12.6. The quantitative estimate of drug-likeness (QED) is 0.126. The molecule has 0 aliphatic rings. The minimum Gasteiger partial charge on any atom is -0.383 e. The molecule has 2 aromatic carbocycles. The van der Waals surface area contributed by atoms with Crippen LogP contribution in [0.3, 0.4) is 0 Å². The molecule has 2 heterocycles. The van der Waals surface area contributed by atoms with Gasteiger partial charge in [-0.25, -0.2) is 0 Å². The van der Waals surface area contributed by atoms with E-state index in [1.165, 1.54) is 18.4 Å². The molecule has 0 radical (unpaired) electrons. The first kappa shape index (κ1) is 36.0. The van der Waals surface area contributed by atoms with Crippen LogP contribution in [0.25, 0.3) is 0 Å². The molecule has 4 aromatic rings. The van der Waals surface area contributed by atoms with Crippen LogP contribution in [0.15, 0.2) is 66.7 Å². The van der Waals surface area contributed by atoms with Gasteiger partial charge in [-0.05, 0) is 48.1 Å². The van der Waals surface area contributed by atoms with Gasteiger partial charge in [0.05, 0.1) is 18.5 Å². The zero-order valence-corrected chi connectivity index (χ0v) is 26.7. The Morgan fingerprint density at radius 3 is 2.33 bits per heavy atom. The summed E-state index contributed by atoms with van der Waals surface area (Å²) in [7, 11) is 1.47. The average molecular weight is 686 g/mol. The number of carbonyl (C=O) groups is 3. The monoisotopic (exact) mass is 685 g/mol. The van der Waals surface area contributed by atoms with Crippen molar-refractivity contribution in [2.45, 2.75) is 63.5 Å². The van der Waals surface area contributed by atoms with Gasteiger partial charge in [-0.2, -0.15) is 18.3 Å². The molecule has 16 heteroatoms. The van der Waals surface area contributed by atoms with Crippen molar-refractivity contribution >= 4 is 40.0 Å². The standard InChI is InChI=1S/C32H34F3N7O5S/c1-47-29(22-10-3-2-4-11-22)30(46)38-31-42-41-28(48-31)13-6-5-12-23-14-15-25(40-39-23)37-27(45)17-20-8-7-9-21(16-20)19-36-26(44)18-24(43)32(33,34)35/h2-4,7-11,14-16,24,29,43H,5-6,12-13,17-19H2,1H3,(H,36,44)(H,37,40,45)(H,38,42,46). The number of hydrogen-bond acceptors (Lipinski definition) is 10. The van der Waals surface area contributed by atoms with Crippen LogP contribution in [0.5, 0.6) is 0 Å². The predicted molar refractivity (Wildman–Crippen MR) is 171 cm³/mol. The molecule has 2 aromatic heterocycles. The molecule has 48 heavy (non-hydrogen) atoms. The minimum absolute atomic E-state index is 0.00496. The Labute approximate surface area is 278 Å². The molecule has 0 bridgehead atoms. The average Bonchev–Trinajstić information content (AvgIpc) is 3.50. The van der Waals surface area contributed by atoms with Crippen LogP contribution in [-0.4, -0.2) is 62.6 Å². The summed E-state index contributed by atoms with van der Waals surface area (Å²) in [5.74, 6) is -1.34. The van der Waals surface area contributed by atoms with Crippen LogP contribution in [0.4, 0.5) is 24.1 Å². The highest BCUT2D eigenvalue weighted by Gasteiger charge is 2.39. The third-order valence-electron chi connectivity index (χ3n) is 6.94. The van der Waals surface area contributed by atoms with E-state index in [-0.39, 0.29) is 30.6 Å². The number of nitrogens with zero attached hydrogens (tertiary/aromatic N) is 4. The Hall–Kier alpha value is -4.80. The molecule has 2 unspecified atom stereocenters. The fourth-order valence-electron chi connectivity index (χ4n) is 4.53. The number of methoxy groups -OCH3 is 1. The number of halogens is 3. The van der Waals surface area contributed by atoms with Crippen molar-refractivity contribution in [1.29, 1.82) is 0 Å². The van der Waals surface area contributed by atoms with E-state index in [4.69, 9.17) is 9.84 Å². The summed E-state index contributed by atoms with van der Waals surface area (Å²) >= 11 is 1.31. The molecule has 12 nitrogen and oxygen atoms in total. The number of anilines is 2. The molecule has 254 valence electrons. The maximum absolute atomic E-state index is 12.7. The van der Waals surface area contributed by atoms with Gasteiger partial charge in [0, 0.05) is 20.1 Å². The number of amides is 3. The summed E-state index contributed by atoms with van der Waals surface area (Å²) in [6.07, 6.45) is -6.50. The molecule has 0 saturated carbocycles. The number of aryl methyl sites for hydroxylation is 2. The van der Waals surface area contributed by atoms with Crippen molar-refractivity contribution in [2.24, 2.45) is 0 Å². The van der Waals surface area contributed by atoms with Crippen LogP contribution in [0.1, 0.15) is 52.8 Å². The summed E-state index contributed by atoms with van der Waals surface area (Å²) in [6, 6.07) is 19.3.